The fourth-order valence-corrected chi connectivity index (χ4v) is 1.98. The van der Waals surface area contributed by atoms with Crippen LogP contribution in [0.1, 0.15) is 23.2 Å². The van der Waals surface area contributed by atoms with Gasteiger partial charge in [-0.25, -0.2) is 9.37 Å². The van der Waals surface area contributed by atoms with Gasteiger partial charge in [0.15, 0.2) is 5.82 Å². The number of rotatable bonds is 3. The summed E-state index contributed by atoms with van der Waals surface area (Å²) in [5, 5.41) is 6.95. The van der Waals surface area contributed by atoms with Gasteiger partial charge in [-0.2, -0.15) is 5.10 Å². The molecule has 2 heterocycles. The van der Waals surface area contributed by atoms with Crippen molar-refractivity contribution in [1.82, 2.24) is 15.2 Å². The molecule has 0 amide bonds. The van der Waals surface area contributed by atoms with Gasteiger partial charge < -0.3 is 10.2 Å². The highest BCUT2D eigenvalue weighted by molar-refractivity contribution is 5.56. The number of aromatic amines is 1. The molecule has 0 saturated heterocycles. The van der Waals surface area contributed by atoms with E-state index in [1.165, 1.54) is 12.1 Å². The van der Waals surface area contributed by atoms with E-state index in [0.29, 0.717) is 11.6 Å². The Morgan fingerprint density at radius 2 is 2.00 bits per heavy atom. The zero-order chi connectivity index (χ0) is 14.1. The number of halogens is 1. The number of aromatic nitrogens is 3. The van der Waals surface area contributed by atoms with Crippen LogP contribution in [-0.2, 0) is 0 Å². The van der Waals surface area contributed by atoms with Crippen molar-refractivity contribution in [1.29, 1.82) is 0 Å². The van der Waals surface area contributed by atoms with E-state index in [1.54, 1.807) is 24.5 Å². The minimum Gasteiger partial charge on any atom is -0.469 e. The summed E-state index contributed by atoms with van der Waals surface area (Å²) < 4.78 is 18.1. The third-order valence-corrected chi connectivity index (χ3v) is 3.13. The van der Waals surface area contributed by atoms with Crippen LogP contribution in [0.15, 0.2) is 41.0 Å². The highest BCUT2D eigenvalue weighted by atomic mass is 19.1. The van der Waals surface area contributed by atoms with E-state index in [4.69, 9.17) is 10.2 Å². The standard InChI is InChI=1S/C14H13FN4O/c1-8-11(6-7-20-8)13-17-14(19-18-13)12(16)9-2-4-10(15)5-3-9/h2-7,12H,16H2,1H3,(H,17,18,19)/t12-/m1/s1. The summed E-state index contributed by atoms with van der Waals surface area (Å²) in [6.07, 6.45) is 1.58. The maximum absolute atomic E-state index is 12.9. The van der Waals surface area contributed by atoms with E-state index in [2.05, 4.69) is 15.2 Å². The summed E-state index contributed by atoms with van der Waals surface area (Å²) >= 11 is 0. The van der Waals surface area contributed by atoms with Gasteiger partial charge in [0, 0.05) is 0 Å². The normalized spacial score (nSPS) is 12.6. The maximum Gasteiger partial charge on any atom is 0.184 e. The van der Waals surface area contributed by atoms with Crippen LogP contribution >= 0.6 is 0 Å². The Balaban J connectivity index is 1.90. The summed E-state index contributed by atoms with van der Waals surface area (Å²) in [6, 6.07) is 7.31. The lowest BCUT2D eigenvalue weighted by Crippen LogP contribution is -2.13. The Hall–Kier alpha value is -2.47. The zero-order valence-electron chi connectivity index (χ0n) is 10.8. The Labute approximate surface area is 114 Å². The van der Waals surface area contributed by atoms with Crippen molar-refractivity contribution in [3.05, 3.63) is 59.6 Å². The minimum atomic E-state index is -0.482. The van der Waals surface area contributed by atoms with E-state index in [9.17, 15) is 4.39 Å². The van der Waals surface area contributed by atoms with E-state index in [1.807, 2.05) is 6.92 Å². The molecule has 20 heavy (non-hydrogen) atoms. The first-order valence-electron chi connectivity index (χ1n) is 6.13. The number of hydrogen-bond acceptors (Lipinski definition) is 4. The molecule has 0 saturated carbocycles. The number of nitrogens with two attached hydrogens (primary N) is 1. The third kappa shape index (κ3) is 2.21. The molecule has 0 aliphatic carbocycles. The van der Waals surface area contributed by atoms with Gasteiger partial charge in [0.25, 0.3) is 0 Å². The minimum absolute atomic E-state index is 0.298. The van der Waals surface area contributed by atoms with Crippen molar-refractivity contribution in [2.45, 2.75) is 13.0 Å². The summed E-state index contributed by atoms with van der Waals surface area (Å²) in [5.41, 5.74) is 7.67. The third-order valence-electron chi connectivity index (χ3n) is 3.13. The summed E-state index contributed by atoms with van der Waals surface area (Å²) in [7, 11) is 0. The van der Waals surface area contributed by atoms with Crippen molar-refractivity contribution < 1.29 is 8.81 Å². The number of hydrogen-bond donors (Lipinski definition) is 2. The van der Waals surface area contributed by atoms with Crippen LogP contribution in [0.3, 0.4) is 0 Å². The summed E-state index contributed by atoms with van der Waals surface area (Å²) in [4.78, 5) is 4.37. The number of aryl methyl sites for hydroxylation is 1. The molecule has 0 aliphatic heterocycles. The zero-order valence-corrected chi connectivity index (χ0v) is 10.8. The number of nitrogens with one attached hydrogen (secondary N) is 1. The molecule has 3 N–H and O–H groups in total. The lowest BCUT2D eigenvalue weighted by Gasteiger charge is -2.07. The first kappa shape index (κ1) is 12.6. The molecule has 0 spiro atoms. The monoisotopic (exact) mass is 272 g/mol. The summed E-state index contributed by atoms with van der Waals surface area (Å²) in [5.74, 6) is 1.50. The van der Waals surface area contributed by atoms with E-state index >= 15 is 0 Å². The number of benzene rings is 1. The Kier molecular flexibility index (Phi) is 3.08. The first-order valence-corrected chi connectivity index (χ1v) is 6.13. The van der Waals surface area contributed by atoms with Crippen LogP contribution in [0.2, 0.25) is 0 Å². The summed E-state index contributed by atoms with van der Waals surface area (Å²) in [6.45, 7) is 1.84. The van der Waals surface area contributed by atoms with Gasteiger partial charge in [-0.15, -0.1) is 0 Å². The van der Waals surface area contributed by atoms with Gasteiger partial charge in [0.2, 0.25) is 0 Å². The van der Waals surface area contributed by atoms with Crippen LogP contribution < -0.4 is 5.73 Å². The van der Waals surface area contributed by atoms with Crippen molar-refractivity contribution in [2.24, 2.45) is 5.73 Å². The molecule has 3 rings (SSSR count). The molecule has 0 radical (unpaired) electrons. The van der Waals surface area contributed by atoms with Gasteiger partial charge in [-0.1, -0.05) is 12.1 Å². The molecule has 5 nitrogen and oxygen atoms in total. The largest absolute Gasteiger partial charge is 0.469 e. The molecule has 0 fully saturated rings. The molecular formula is C14H13FN4O. The van der Waals surface area contributed by atoms with Crippen LogP contribution in [0.4, 0.5) is 4.39 Å². The van der Waals surface area contributed by atoms with Crippen molar-refractivity contribution in [2.75, 3.05) is 0 Å². The molecule has 0 unspecified atom stereocenters. The second-order valence-electron chi connectivity index (χ2n) is 4.46. The SMILES string of the molecule is Cc1occc1-c1n[nH]c([C@H](N)c2ccc(F)cc2)n1. The van der Waals surface area contributed by atoms with Gasteiger partial charge in [0.1, 0.15) is 17.4 Å². The van der Waals surface area contributed by atoms with Crippen LogP contribution in [0.25, 0.3) is 11.4 Å². The predicted molar refractivity (Wildman–Crippen MR) is 71.3 cm³/mol. The van der Waals surface area contributed by atoms with Crippen molar-refractivity contribution in [3.63, 3.8) is 0 Å². The topological polar surface area (TPSA) is 80.7 Å². The quantitative estimate of drug-likeness (QED) is 0.767. The molecule has 3 aromatic rings. The molecule has 1 aromatic carbocycles. The Morgan fingerprint density at radius 3 is 2.65 bits per heavy atom. The lowest BCUT2D eigenvalue weighted by atomic mass is 10.1. The number of furan rings is 1. The first-order chi connectivity index (χ1) is 9.65. The van der Waals surface area contributed by atoms with Gasteiger partial charge in [-0.3, -0.25) is 5.10 Å². The fourth-order valence-electron chi connectivity index (χ4n) is 1.98. The molecule has 102 valence electrons. The van der Waals surface area contributed by atoms with Crippen molar-refractivity contribution in [3.8, 4) is 11.4 Å². The predicted octanol–water partition coefficient (Wildman–Crippen LogP) is 2.56. The fraction of sp³-hybridized carbons (Fsp3) is 0.143. The van der Waals surface area contributed by atoms with Gasteiger partial charge in [0.05, 0.1) is 17.9 Å². The number of nitrogens with zero attached hydrogens (tertiary/aromatic N) is 2. The molecule has 0 aliphatic rings. The van der Waals surface area contributed by atoms with Crippen molar-refractivity contribution >= 4 is 0 Å². The smallest absolute Gasteiger partial charge is 0.184 e. The van der Waals surface area contributed by atoms with Gasteiger partial charge >= 0.3 is 0 Å². The number of H-pyrrole nitrogens is 1. The second-order valence-corrected chi connectivity index (χ2v) is 4.46. The van der Waals surface area contributed by atoms with E-state index in [-0.39, 0.29) is 5.82 Å². The van der Waals surface area contributed by atoms with Gasteiger partial charge in [-0.05, 0) is 30.7 Å². The molecule has 6 heteroatoms. The highest BCUT2D eigenvalue weighted by Crippen LogP contribution is 2.23. The average molecular weight is 272 g/mol. The molecule has 0 bridgehead atoms. The molecular weight excluding hydrogens is 259 g/mol. The highest BCUT2D eigenvalue weighted by Gasteiger charge is 2.16. The van der Waals surface area contributed by atoms with Crippen LogP contribution in [0.5, 0.6) is 0 Å². The Morgan fingerprint density at radius 1 is 1.25 bits per heavy atom. The van der Waals surface area contributed by atoms with E-state index < -0.39 is 6.04 Å². The van der Waals surface area contributed by atoms with Crippen LogP contribution in [-0.4, -0.2) is 15.2 Å². The Bertz CT molecular complexity index is 717. The van der Waals surface area contributed by atoms with E-state index in [0.717, 1.165) is 16.9 Å². The molecule has 2 aromatic heterocycles. The van der Waals surface area contributed by atoms with Crippen LogP contribution in [0, 0.1) is 12.7 Å². The average Bonchev–Trinajstić information content (AvgIpc) is 3.07. The lowest BCUT2D eigenvalue weighted by molar-refractivity contribution is 0.535. The maximum atomic E-state index is 12.9. The second kappa shape index (κ2) is 4.90. The molecule has 1 atom stereocenters.